The molecule has 1 heterocycles. The van der Waals surface area contributed by atoms with E-state index < -0.39 is 0 Å². The number of pyridine rings is 1. The van der Waals surface area contributed by atoms with Gasteiger partial charge in [0.15, 0.2) is 5.43 Å². The molecule has 17 heavy (non-hydrogen) atoms. The maximum Gasteiger partial charge on any atom is 0.293 e. The van der Waals surface area contributed by atoms with Crippen molar-refractivity contribution in [2.75, 3.05) is 6.61 Å². The van der Waals surface area contributed by atoms with Crippen LogP contribution in [0, 0.1) is 0 Å². The Labute approximate surface area is 103 Å². The third kappa shape index (κ3) is 3.92. The monoisotopic (exact) mass is 253 g/mol. The summed E-state index contributed by atoms with van der Waals surface area (Å²) in [6, 6.07) is 6.66. The van der Waals surface area contributed by atoms with Crippen molar-refractivity contribution in [3.8, 4) is 0 Å². The number of rotatable bonds is 2. The van der Waals surface area contributed by atoms with Crippen LogP contribution in [0.15, 0.2) is 35.3 Å². The van der Waals surface area contributed by atoms with Gasteiger partial charge in [-0.15, -0.1) is 0 Å². The minimum atomic E-state index is 0.0143. The smallest absolute Gasteiger partial charge is 0.293 e. The van der Waals surface area contributed by atoms with Crippen LogP contribution in [-0.2, 0) is 9.53 Å². The van der Waals surface area contributed by atoms with Crippen molar-refractivity contribution in [1.29, 1.82) is 0 Å². The van der Waals surface area contributed by atoms with Crippen molar-refractivity contribution < 1.29 is 9.53 Å². The highest BCUT2D eigenvalue weighted by molar-refractivity contribution is 6.31. The second-order valence-electron chi connectivity index (χ2n) is 3.08. The number of carbonyl (C=O) groups is 1. The molecule has 0 amide bonds. The Kier molecular flexibility index (Phi) is 5.23. The maximum atomic E-state index is 11.2. The van der Waals surface area contributed by atoms with Crippen molar-refractivity contribution in [2.24, 2.45) is 0 Å². The molecule has 5 heteroatoms. The van der Waals surface area contributed by atoms with Gasteiger partial charge in [0, 0.05) is 22.7 Å². The van der Waals surface area contributed by atoms with Gasteiger partial charge in [-0.25, -0.2) is 0 Å². The minimum absolute atomic E-state index is 0.0143. The summed E-state index contributed by atoms with van der Waals surface area (Å²) >= 11 is 5.75. The first-order chi connectivity index (χ1) is 8.19. The lowest BCUT2D eigenvalue weighted by atomic mass is 10.2. The molecule has 2 aromatic rings. The molecule has 1 N–H and O–H groups in total. The summed E-state index contributed by atoms with van der Waals surface area (Å²) < 4.78 is 4.15. The number of nitrogens with one attached hydrogen (secondary N) is 1. The number of aromatic nitrogens is 1. The Balaban J connectivity index is 0.000000249. The van der Waals surface area contributed by atoms with Gasteiger partial charge in [0.2, 0.25) is 0 Å². The van der Waals surface area contributed by atoms with E-state index in [4.69, 9.17) is 11.6 Å². The Morgan fingerprint density at radius 1 is 1.41 bits per heavy atom. The van der Waals surface area contributed by atoms with E-state index in [1.807, 2.05) is 0 Å². The quantitative estimate of drug-likeness (QED) is 0.836. The molecule has 0 bridgehead atoms. The summed E-state index contributed by atoms with van der Waals surface area (Å²) in [5.74, 6) is 0. The van der Waals surface area contributed by atoms with Gasteiger partial charge in [-0.3, -0.25) is 9.59 Å². The summed E-state index contributed by atoms with van der Waals surface area (Å²) in [4.78, 5) is 23.4. The third-order valence-corrected chi connectivity index (χ3v) is 2.19. The zero-order valence-electron chi connectivity index (χ0n) is 9.27. The number of carbonyl (C=O) groups excluding carboxylic acids is 1. The second-order valence-corrected chi connectivity index (χ2v) is 3.52. The molecule has 4 nitrogen and oxygen atoms in total. The lowest BCUT2D eigenvalue weighted by Gasteiger charge is -1.95. The summed E-state index contributed by atoms with van der Waals surface area (Å²) in [6.45, 7) is 2.66. The predicted octanol–water partition coefficient (Wildman–Crippen LogP) is 2.36. The summed E-state index contributed by atoms with van der Waals surface area (Å²) in [5.41, 5.74) is 0.787. The van der Waals surface area contributed by atoms with Crippen LogP contribution in [0.5, 0.6) is 0 Å². The highest BCUT2D eigenvalue weighted by Crippen LogP contribution is 2.13. The lowest BCUT2D eigenvalue weighted by Crippen LogP contribution is -1.98. The number of aromatic amines is 1. The van der Waals surface area contributed by atoms with Gasteiger partial charge in [-0.2, -0.15) is 0 Å². The van der Waals surface area contributed by atoms with Crippen molar-refractivity contribution >= 4 is 29.0 Å². The normalized spacial score (nSPS) is 9.29. The molecule has 0 aliphatic heterocycles. The molecule has 1 aromatic heterocycles. The first-order valence-corrected chi connectivity index (χ1v) is 5.39. The molecule has 0 aliphatic carbocycles. The van der Waals surface area contributed by atoms with E-state index >= 15 is 0 Å². The van der Waals surface area contributed by atoms with Crippen molar-refractivity contribution in [2.45, 2.75) is 6.92 Å². The molecule has 0 saturated heterocycles. The van der Waals surface area contributed by atoms with Crippen LogP contribution in [0.25, 0.3) is 10.9 Å². The zero-order chi connectivity index (χ0) is 12.7. The molecule has 0 aliphatic rings. The van der Waals surface area contributed by atoms with Gasteiger partial charge in [0.25, 0.3) is 6.47 Å². The number of benzene rings is 1. The lowest BCUT2D eigenvalue weighted by molar-refractivity contribution is -0.128. The van der Waals surface area contributed by atoms with Crippen LogP contribution < -0.4 is 5.43 Å². The van der Waals surface area contributed by atoms with Gasteiger partial charge in [-0.1, -0.05) is 11.6 Å². The number of hydrogen-bond acceptors (Lipinski definition) is 3. The van der Waals surface area contributed by atoms with Crippen molar-refractivity contribution in [3.63, 3.8) is 0 Å². The van der Waals surface area contributed by atoms with Crippen molar-refractivity contribution in [3.05, 3.63) is 45.7 Å². The van der Waals surface area contributed by atoms with E-state index in [0.717, 1.165) is 5.52 Å². The molecule has 0 radical (unpaired) electrons. The average molecular weight is 254 g/mol. The van der Waals surface area contributed by atoms with Crippen LogP contribution >= 0.6 is 11.6 Å². The Morgan fingerprint density at radius 3 is 2.76 bits per heavy atom. The van der Waals surface area contributed by atoms with Crippen LogP contribution in [0.1, 0.15) is 6.92 Å². The number of hydrogen-bond donors (Lipinski definition) is 1. The van der Waals surface area contributed by atoms with E-state index in [9.17, 15) is 9.59 Å². The maximum absolute atomic E-state index is 11.2. The highest BCUT2D eigenvalue weighted by atomic mass is 35.5. The highest BCUT2D eigenvalue weighted by Gasteiger charge is 1.96. The zero-order valence-corrected chi connectivity index (χ0v) is 10.0. The first-order valence-electron chi connectivity index (χ1n) is 5.01. The molecule has 90 valence electrons. The molecule has 0 fully saturated rings. The van der Waals surface area contributed by atoms with E-state index in [1.165, 1.54) is 6.07 Å². The average Bonchev–Trinajstić information content (AvgIpc) is 2.31. The standard InChI is InChI=1S/C9H6ClNO.C3H6O2/c10-6-1-2-7-8(5-6)11-4-3-9(7)12;1-2-5-3-4/h1-5H,(H,11,12);3H,2H2,1H3. The second kappa shape index (κ2) is 6.70. The fourth-order valence-corrected chi connectivity index (χ4v) is 1.39. The molecular formula is C12H12ClNO3. The van der Waals surface area contributed by atoms with Gasteiger partial charge < -0.3 is 9.72 Å². The van der Waals surface area contributed by atoms with Gasteiger partial charge >= 0.3 is 0 Å². The molecular weight excluding hydrogens is 242 g/mol. The van der Waals surface area contributed by atoms with E-state index in [2.05, 4.69) is 9.72 Å². The van der Waals surface area contributed by atoms with E-state index in [-0.39, 0.29) is 5.43 Å². The van der Waals surface area contributed by atoms with Crippen LogP contribution in [0.3, 0.4) is 0 Å². The Morgan fingerprint density at radius 2 is 2.18 bits per heavy atom. The minimum Gasteiger partial charge on any atom is -0.468 e. The largest absolute Gasteiger partial charge is 0.468 e. The number of halogens is 1. The fraction of sp³-hybridized carbons (Fsp3) is 0.167. The molecule has 1 aromatic carbocycles. The number of fused-ring (bicyclic) bond motifs is 1. The van der Waals surface area contributed by atoms with E-state index in [0.29, 0.717) is 23.5 Å². The summed E-state index contributed by atoms with van der Waals surface area (Å²) in [7, 11) is 0. The molecule has 0 unspecified atom stereocenters. The molecule has 0 saturated carbocycles. The summed E-state index contributed by atoms with van der Waals surface area (Å²) in [5, 5.41) is 1.30. The Hall–Kier alpha value is -1.81. The topological polar surface area (TPSA) is 59.2 Å². The van der Waals surface area contributed by atoms with Crippen LogP contribution in [0.2, 0.25) is 5.02 Å². The molecule has 2 rings (SSSR count). The van der Waals surface area contributed by atoms with E-state index in [1.54, 1.807) is 31.3 Å². The van der Waals surface area contributed by atoms with Gasteiger partial charge in [0.1, 0.15) is 0 Å². The Bertz CT molecular complexity index is 551. The van der Waals surface area contributed by atoms with Crippen molar-refractivity contribution in [1.82, 2.24) is 4.98 Å². The fourth-order valence-electron chi connectivity index (χ4n) is 1.22. The predicted molar refractivity (Wildman–Crippen MR) is 67.3 cm³/mol. The number of H-pyrrole nitrogens is 1. The van der Waals surface area contributed by atoms with Crippen LogP contribution in [-0.4, -0.2) is 18.1 Å². The van der Waals surface area contributed by atoms with Gasteiger partial charge in [0.05, 0.1) is 12.1 Å². The number of ether oxygens (including phenoxy) is 1. The first kappa shape index (κ1) is 13.3. The van der Waals surface area contributed by atoms with Crippen LogP contribution in [0.4, 0.5) is 0 Å². The summed E-state index contributed by atoms with van der Waals surface area (Å²) in [6.07, 6.45) is 1.61. The SMILES string of the molecule is CCOC=O.O=c1cc[nH]c2cc(Cl)ccc12. The van der Waals surface area contributed by atoms with Gasteiger partial charge in [-0.05, 0) is 25.1 Å². The third-order valence-electron chi connectivity index (χ3n) is 1.96. The molecule has 0 spiro atoms. The molecule has 0 atom stereocenters.